The summed E-state index contributed by atoms with van der Waals surface area (Å²) in [5.74, 6) is -1.01. The molecular formula is C11H21N3O6. The summed E-state index contributed by atoms with van der Waals surface area (Å²) < 4.78 is 15.0. The van der Waals surface area contributed by atoms with Crippen molar-refractivity contribution in [3.05, 3.63) is 0 Å². The van der Waals surface area contributed by atoms with Crippen LogP contribution in [-0.2, 0) is 19.0 Å². The normalized spacial score (nSPS) is 11.6. The van der Waals surface area contributed by atoms with Gasteiger partial charge in [0.2, 0.25) is 5.91 Å². The summed E-state index contributed by atoms with van der Waals surface area (Å²) in [5, 5.41) is 4.54. The van der Waals surface area contributed by atoms with E-state index in [1.54, 1.807) is 6.92 Å². The third-order valence-electron chi connectivity index (χ3n) is 2.28. The largest absolute Gasteiger partial charge is 0.447 e. The van der Waals surface area contributed by atoms with Crippen molar-refractivity contribution in [3.63, 3.8) is 0 Å². The number of carbonyl (C=O) groups is 3. The lowest BCUT2D eigenvalue weighted by Crippen LogP contribution is -2.35. The maximum absolute atomic E-state index is 11.0. The van der Waals surface area contributed by atoms with Crippen molar-refractivity contribution in [3.8, 4) is 0 Å². The minimum atomic E-state index is -0.689. The maximum Gasteiger partial charge on any atom is 0.406 e. The Balaban J connectivity index is 4.26. The van der Waals surface area contributed by atoms with Gasteiger partial charge in [-0.1, -0.05) is 6.92 Å². The number of hydrogen-bond acceptors (Lipinski definition) is 6. The Bertz CT molecular complexity index is 316. The molecule has 0 aromatic carbocycles. The van der Waals surface area contributed by atoms with E-state index in [-0.39, 0.29) is 19.8 Å². The average molecular weight is 291 g/mol. The zero-order valence-electron chi connectivity index (χ0n) is 11.8. The van der Waals surface area contributed by atoms with Crippen molar-refractivity contribution in [1.82, 2.24) is 10.6 Å². The first-order valence-electron chi connectivity index (χ1n) is 6.00. The molecule has 4 N–H and O–H groups in total. The predicted octanol–water partition coefficient (Wildman–Crippen LogP) is -0.795. The summed E-state index contributed by atoms with van der Waals surface area (Å²) in [6.45, 7) is 1.39. The number of amides is 3. The fraction of sp³-hybridized carbons (Fsp3) is 0.727. The van der Waals surface area contributed by atoms with E-state index in [9.17, 15) is 14.4 Å². The van der Waals surface area contributed by atoms with Crippen LogP contribution in [0, 0.1) is 5.92 Å². The van der Waals surface area contributed by atoms with E-state index >= 15 is 0 Å². The van der Waals surface area contributed by atoms with Crippen LogP contribution in [0.3, 0.4) is 0 Å². The molecule has 3 amide bonds. The van der Waals surface area contributed by atoms with Gasteiger partial charge in [-0.3, -0.25) is 4.79 Å². The van der Waals surface area contributed by atoms with Crippen molar-refractivity contribution < 1.29 is 28.6 Å². The number of hydrogen-bond donors (Lipinski definition) is 3. The second-order valence-electron chi connectivity index (χ2n) is 3.96. The Labute approximate surface area is 117 Å². The number of ether oxygens (including phenoxy) is 3. The van der Waals surface area contributed by atoms with Crippen LogP contribution in [0.5, 0.6) is 0 Å². The average Bonchev–Trinajstić information content (AvgIpc) is 2.44. The van der Waals surface area contributed by atoms with Gasteiger partial charge in [0.05, 0.1) is 12.5 Å². The van der Waals surface area contributed by atoms with Crippen molar-refractivity contribution in [2.24, 2.45) is 11.7 Å². The van der Waals surface area contributed by atoms with Gasteiger partial charge in [-0.25, -0.2) is 9.59 Å². The summed E-state index contributed by atoms with van der Waals surface area (Å²) in [5.41, 5.74) is 5.10. The van der Waals surface area contributed by atoms with Crippen LogP contribution < -0.4 is 16.4 Å². The number of nitrogens with one attached hydrogen (secondary N) is 2. The highest BCUT2D eigenvalue weighted by atomic mass is 16.6. The van der Waals surface area contributed by atoms with E-state index in [0.717, 1.165) is 0 Å². The molecule has 9 heteroatoms. The van der Waals surface area contributed by atoms with Crippen LogP contribution in [0.1, 0.15) is 6.92 Å². The number of alkyl carbamates (subject to hydrolysis) is 2. The lowest BCUT2D eigenvalue weighted by atomic mass is 10.2. The highest BCUT2D eigenvalue weighted by molar-refractivity contribution is 5.76. The van der Waals surface area contributed by atoms with Gasteiger partial charge < -0.3 is 30.6 Å². The number of nitrogens with two attached hydrogens (primary N) is 1. The molecule has 0 aliphatic carbocycles. The van der Waals surface area contributed by atoms with Gasteiger partial charge in [-0.05, 0) is 0 Å². The predicted molar refractivity (Wildman–Crippen MR) is 68.9 cm³/mol. The first kappa shape index (κ1) is 18.0. The fourth-order valence-corrected chi connectivity index (χ4v) is 0.988. The van der Waals surface area contributed by atoms with Gasteiger partial charge in [-0.15, -0.1) is 0 Å². The first-order chi connectivity index (χ1) is 9.40. The summed E-state index contributed by atoms with van der Waals surface area (Å²) in [6, 6.07) is 0. The standard InChI is InChI=1S/C11H21N3O6/c1-7(9(12)15)4-18-8(5-19-10(16)13-2)6-20-11(17)14-3/h7-8H,4-6H2,1-3H3,(H2,12,15)(H,13,16)(H,14,17)/t7-/m0/s1. The Kier molecular flexibility index (Phi) is 8.84. The molecule has 0 rings (SSSR count). The topological polar surface area (TPSA) is 129 Å². The molecule has 20 heavy (non-hydrogen) atoms. The first-order valence-corrected chi connectivity index (χ1v) is 6.00. The minimum absolute atomic E-state index is 0.0359. The highest BCUT2D eigenvalue weighted by Gasteiger charge is 2.18. The Morgan fingerprint density at radius 1 is 1.00 bits per heavy atom. The maximum atomic E-state index is 11.0. The molecule has 0 heterocycles. The van der Waals surface area contributed by atoms with E-state index in [1.807, 2.05) is 0 Å². The van der Waals surface area contributed by atoms with Crippen molar-refractivity contribution >= 4 is 18.1 Å². The summed E-state index contributed by atoms with van der Waals surface area (Å²) >= 11 is 0. The smallest absolute Gasteiger partial charge is 0.406 e. The third-order valence-corrected chi connectivity index (χ3v) is 2.28. The van der Waals surface area contributed by atoms with E-state index in [4.69, 9.17) is 19.9 Å². The molecule has 0 radical (unpaired) electrons. The van der Waals surface area contributed by atoms with Gasteiger partial charge in [0, 0.05) is 14.1 Å². The van der Waals surface area contributed by atoms with Crippen LogP contribution in [0.4, 0.5) is 9.59 Å². The van der Waals surface area contributed by atoms with Crippen LogP contribution >= 0.6 is 0 Å². The highest BCUT2D eigenvalue weighted by Crippen LogP contribution is 2.01. The van der Waals surface area contributed by atoms with Gasteiger partial charge >= 0.3 is 12.2 Å². The fourth-order valence-electron chi connectivity index (χ4n) is 0.988. The number of primary amides is 1. The molecular weight excluding hydrogens is 270 g/mol. The van der Waals surface area contributed by atoms with Gasteiger partial charge in [-0.2, -0.15) is 0 Å². The van der Waals surface area contributed by atoms with Gasteiger partial charge in [0.25, 0.3) is 0 Å². The zero-order valence-corrected chi connectivity index (χ0v) is 11.8. The molecule has 0 aliphatic heterocycles. The minimum Gasteiger partial charge on any atom is -0.447 e. The molecule has 0 spiro atoms. The lowest BCUT2D eigenvalue weighted by Gasteiger charge is -2.19. The molecule has 0 bridgehead atoms. The Hall–Kier alpha value is -2.03. The molecule has 0 unspecified atom stereocenters. The van der Waals surface area contributed by atoms with Crippen LogP contribution in [-0.4, -0.2) is 58.1 Å². The molecule has 0 aromatic rings. The van der Waals surface area contributed by atoms with Gasteiger partial charge in [0.1, 0.15) is 19.3 Å². The second kappa shape index (κ2) is 9.84. The van der Waals surface area contributed by atoms with Crippen LogP contribution in [0.25, 0.3) is 0 Å². The van der Waals surface area contributed by atoms with Gasteiger partial charge in [0.15, 0.2) is 0 Å². The van der Waals surface area contributed by atoms with Crippen molar-refractivity contribution in [1.29, 1.82) is 0 Å². The lowest BCUT2D eigenvalue weighted by molar-refractivity contribution is -0.125. The van der Waals surface area contributed by atoms with E-state index < -0.39 is 30.1 Å². The zero-order chi connectivity index (χ0) is 15.5. The quantitative estimate of drug-likeness (QED) is 0.537. The SMILES string of the molecule is CNC(=O)OCC(COC(=O)NC)OC[C@H](C)C(N)=O. The molecule has 0 saturated heterocycles. The molecule has 0 aromatic heterocycles. The Morgan fingerprint density at radius 3 is 1.80 bits per heavy atom. The number of rotatable bonds is 8. The monoisotopic (exact) mass is 291 g/mol. The van der Waals surface area contributed by atoms with E-state index in [2.05, 4.69) is 10.6 Å². The van der Waals surface area contributed by atoms with Crippen LogP contribution in [0.2, 0.25) is 0 Å². The molecule has 0 saturated carbocycles. The Morgan fingerprint density at radius 2 is 1.45 bits per heavy atom. The second-order valence-corrected chi connectivity index (χ2v) is 3.96. The molecule has 9 nitrogen and oxygen atoms in total. The van der Waals surface area contributed by atoms with Crippen LogP contribution in [0.15, 0.2) is 0 Å². The molecule has 116 valence electrons. The van der Waals surface area contributed by atoms with E-state index in [0.29, 0.717) is 0 Å². The molecule has 0 fully saturated rings. The van der Waals surface area contributed by atoms with E-state index in [1.165, 1.54) is 14.1 Å². The summed E-state index contributed by atoms with van der Waals surface area (Å²) in [4.78, 5) is 32.8. The summed E-state index contributed by atoms with van der Waals surface area (Å²) in [7, 11) is 2.82. The molecule has 1 atom stereocenters. The number of carbonyl (C=O) groups excluding carboxylic acids is 3. The van der Waals surface area contributed by atoms with Crippen molar-refractivity contribution in [2.75, 3.05) is 33.9 Å². The molecule has 0 aliphatic rings. The van der Waals surface area contributed by atoms with Crippen molar-refractivity contribution in [2.45, 2.75) is 13.0 Å². The summed E-state index contributed by atoms with van der Waals surface area (Å²) in [6.07, 6.45) is -1.96. The third kappa shape index (κ3) is 8.14.